The van der Waals surface area contributed by atoms with Crippen molar-refractivity contribution < 1.29 is 13.6 Å². The van der Waals surface area contributed by atoms with Gasteiger partial charge in [-0.25, -0.2) is 4.98 Å². The highest BCUT2D eigenvalue weighted by Gasteiger charge is 2.19. The highest BCUT2D eigenvalue weighted by Crippen LogP contribution is 2.34. The summed E-state index contributed by atoms with van der Waals surface area (Å²) in [5, 5.41) is 2.40. The van der Waals surface area contributed by atoms with Gasteiger partial charge in [0, 0.05) is 10.6 Å². The second kappa shape index (κ2) is 9.56. The van der Waals surface area contributed by atoms with Crippen molar-refractivity contribution in [2.45, 2.75) is 10.7 Å². The van der Waals surface area contributed by atoms with Gasteiger partial charge in [0.2, 0.25) is 0 Å². The number of aromatic nitrogens is 1. The third-order valence-corrected chi connectivity index (χ3v) is 4.98. The van der Waals surface area contributed by atoms with E-state index >= 15 is 0 Å². The molecule has 0 aliphatic carbocycles. The Morgan fingerprint density at radius 3 is 2.37 bits per heavy atom. The molecule has 1 aromatic heterocycles. The summed E-state index contributed by atoms with van der Waals surface area (Å²) in [6, 6.07) is 6.11. The number of halogens is 5. The summed E-state index contributed by atoms with van der Waals surface area (Å²) < 4.78 is 24.6. The fourth-order valence-electron chi connectivity index (χ4n) is 1.74. The molecule has 6 nitrogen and oxygen atoms in total. The normalized spacial score (nSPS) is 10.6. The molecule has 2 rings (SSSR count). The van der Waals surface area contributed by atoms with E-state index in [1.807, 2.05) is 0 Å². The standard InChI is InChI=1S/C14H10Cl3F2N5OS2/c15-7-9(20)8(16)11(17)22-10(7)12(25)23-24-14(26)21-5-1-3-6(4-2-5)27-13(18)19/h1-4,13H,(H2,20,22)(H,23,25)(H2,21,24,26). The van der Waals surface area contributed by atoms with E-state index in [9.17, 15) is 13.6 Å². The molecular weight excluding hydrogens is 463 g/mol. The van der Waals surface area contributed by atoms with E-state index in [0.29, 0.717) is 22.3 Å². The smallest absolute Gasteiger partial charge is 0.289 e. The molecule has 1 heterocycles. The molecule has 1 aromatic carbocycles. The maximum atomic E-state index is 12.3. The maximum absolute atomic E-state index is 12.3. The first-order chi connectivity index (χ1) is 12.7. The van der Waals surface area contributed by atoms with Crippen LogP contribution in [0.1, 0.15) is 10.5 Å². The van der Waals surface area contributed by atoms with Gasteiger partial charge in [0.15, 0.2) is 16.0 Å². The first kappa shape index (κ1) is 21.7. The van der Waals surface area contributed by atoms with Gasteiger partial charge < -0.3 is 11.1 Å². The number of hydrazine groups is 1. The monoisotopic (exact) mass is 471 g/mol. The highest BCUT2D eigenvalue weighted by atomic mass is 35.5. The number of amides is 1. The Morgan fingerprint density at radius 1 is 1.15 bits per heavy atom. The second-order valence-electron chi connectivity index (χ2n) is 4.73. The number of pyridine rings is 1. The number of nitrogens with one attached hydrogen (secondary N) is 3. The van der Waals surface area contributed by atoms with Crippen LogP contribution < -0.4 is 21.9 Å². The summed E-state index contributed by atoms with van der Waals surface area (Å²) in [4.78, 5) is 16.3. The molecule has 0 fully saturated rings. The zero-order chi connectivity index (χ0) is 20.1. The average Bonchev–Trinajstić information content (AvgIpc) is 2.62. The van der Waals surface area contributed by atoms with Crippen LogP contribution in [0.25, 0.3) is 0 Å². The molecule has 5 N–H and O–H groups in total. The third-order valence-electron chi connectivity index (χ3n) is 2.91. The number of nitrogens with zero attached hydrogens (tertiary/aromatic N) is 1. The molecule has 0 bridgehead atoms. The van der Waals surface area contributed by atoms with Crippen molar-refractivity contribution in [2.24, 2.45) is 0 Å². The van der Waals surface area contributed by atoms with E-state index in [2.05, 4.69) is 21.2 Å². The van der Waals surface area contributed by atoms with Crippen LogP contribution in [0.2, 0.25) is 15.2 Å². The summed E-state index contributed by atoms with van der Waals surface area (Å²) in [6.07, 6.45) is 0. The van der Waals surface area contributed by atoms with Crippen molar-refractivity contribution in [3.05, 3.63) is 45.2 Å². The molecule has 0 saturated carbocycles. The maximum Gasteiger partial charge on any atom is 0.289 e. The summed E-state index contributed by atoms with van der Waals surface area (Å²) in [5.41, 5.74) is 10.6. The topological polar surface area (TPSA) is 92.1 Å². The van der Waals surface area contributed by atoms with Gasteiger partial charge in [-0.15, -0.1) is 0 Å². The Morgan fingerprint density at radius 2 is 1.78 bits per heavy atom. The minimum atomic E-state index is -2.50. The fourth-order valence-corrected chi connectivity index (χ4v) is 3.00. The zero-order valence-electron chi connectivity index (χ0n) is 13.0. The van der Waals surface area contributed by atoms with E-state index in [0.717, 1.165) is 0 Å². The number of rotatable bonds is 4. The lowest BCUT2D eigenvalue weighted by Gasteiger charge is -2.13. The molecule has 0 saturated heterocycles. The van der Waals surface area contributed by atoms with Crippen molar-refractivity contribution in [1.29, 1.82) is 0 Å². The number of carbonyl (C=O) groups is 1. The lowest BCUT2D eigenvalue weighted by atomic mass is 10.3. The number of alkyl halides is 2. The van der Waals surface area contributed by atoms with Crippen LogP contribution in [0, 0.1) is 0 Å². The number of nitrogens with two attached hydrogens (primary N) is 1. The number of benzene rings is 1. The lowest BCUT2D eigenvalue weighted by Crippen LogP contribution is -2.44. The molecule has 1 amide bonds. The quantitative estimate of drug-likeness (QED) is 0.224. The first-order valence-corrected chi connectivity index (χ1v) is 9.33. The van der Waals surface area contributed by atoms with Gasteiger partial charge in [0.25, 0.3) is 11.7 Å². The third kappa shape index (κ3) is 5.94. The Labute approximate surface area is 177 Å². The van der Waals surface area contributed by atoms with Gasteiger partial charge in [-0.05, 0) is 36.5 Å². The number of thioether (sulfide) groups is 1. The first-order valence-electron chi connectivity index (χ1n) is 6.91. The van der Waals surface area contributed by atoms with Crippen LogP contribution in [0.15, 0.2) is 29.2 Å². The summed E-state index contributed by atoms with van der Waals surface area (Å²) in [7, 11) is 0. The number of anilines is 2. The van der Waals surface area contributed by atoms with Crippen LogP contribution in [0.4, 0.5) is 20.2 Å². The van der Waals surface area contributed by atoms with Gasteiger partial charge in [0.05, 0.1) is 10.7 Å². The molecule has 0 radical (unpaired) electrons. The largest absolute Gasteiger partial charge is 0.396 e. The van der Waals surface area contributed by atoms with E-state index in [1.54, 1.807) is 12.1 Å². The Balaban J connectivity index is 1.95. The van der Waals surface area contributed by atoms with Crippen LogP contribution >= 0.6 is 58.8 Å². The number of hydrogen-bond donors (Lipinski definition) is 4. The van der Waals surface area contributed by atoms with Crippen LogP contribution in [0.3, 0.4) is 0 Å². The van der Waals surface area contributed by atoms with E-state index in [-0.39, 0.29) is 31.7 Å². The molecule has 27 heavy (non-hydrogen) atoms. The molecule has 0 spiro atoms. The Hall–Kier alpha value is -1.59. The molecule has 144 valence electrons. The van der Waals surface area contributed by atoms with Gasteiger partial charge in [-0.3, -0.25) is 15.6 Å². The number of carbonyl (C=O) groups excluding carboxylic acids is 1. The van der Waals surface area contributed by atoms with E-state index < -0.39 is 11.7 Å². The number of thiocarbonyl (C=S) groups is 1. The van der Waals surface area contributed by atoms with Crippen LogP contribution in [-0.2, 0) is 0 Å². The molecule has 2 aromatic rings. The van der Waals surface area contributed by atoms with E-state index in [1.165, 1.54) is 12.1 Å². The Kier molecular flexibility index (Phi) is 7.68. The fraction of sp³-hybridized carbons (Fsp3) is 0.0714. The van der Waals surface area contributed by atoms with Gasteiger partial charge in [-0.1, -0.05) is 46.6 Å². The van der Waals surface area contributed by atoms with Crippen molar-refractivity contribution in [1.82, 2.24) is 15.8 Å². The van der Waals surface area contributed by atoms with E-state index in [4.69, 9.17) is 52.8 Å². The van der Waals surface area contributed by atoms with Gasteiger partial charge in [0.1, 0.15) is 5.02 Å². The predicted octanol–water partition coefficient (Wildman–Crippen LogP) is 4.57. The van der Waals surface area contributed by atoms with Crippen molar-refractivity contribution >= 4 is 81.2 Å². The van der Waals surface area contributed by atoms with Gasteiger partial charge >= 0.3 is 0 Å². The van der Waals surface area contributed by atoms with Gasteiger partial charge in [-0.2, -0.15) is 8.78 Å². The summed E-state index contributed by atoms with van der Waals surface area (Å²) in [5.74, 6) is -3.25. The number of hydrogen-bond acceptors (Lipinski definition) is 5. The SMILES string of the molecule is Nc1c(Cl)c(Cl)nc(C(=O)NNC(=S)Nc2ccc(SC(F)F)cc2)c1Cl. The molecule has 0 aliphatic rings. The van der Waals surface area contributed by atoms with Crippen LogP contribution in [0.5, 0.6) is 0 Å². The summed E-state index contributed by atoms with van der Waals surface area (Å²) in [6.45, 7) is 0. The second-order valence-corrected chi connectivity index (χ2v) is 7.31. The van der Waals surface area contributed by atoms with Crippen molar-refractivity contribution in [2.75, 3.05) is 11.1 Å². The average molecular weight is 473 g/mol. The molecule has 0 unspecified atom stereocenters. The molecule has 13 heteroatoms. The summed E-state index contributed by atoms with van der Waals surface area (Å²) >= 11 is 23.0. The zero-order valence-corrected chi connectivity index (χ0v) is 16.9. The Bertz CT molecular complexity index is 871. The van der Waals surface area contributed by atoms with Crippen molar-refractivity contribution in [3.63, 3.8) is 0 Å². The number of nitrogen functional groups attached to an aromatic ring is 1. The highest BCUT2D eigenvalue weighted by molar-refractivity contribution is 7.99. The van der Waals surface area contributed by atoms with Crippen molar-refractivity contribution in [3.8, 4) is 0 Å². The minimum absolute atomic E-state index is 0.0294. The molecule has 0 aliphatic heterocycles. The minimum Gasteiger partial charge on any atom is -0.396 e. The lowest BCUT2D eigenvalue weighted by molar-refractivity contribution is 0.0939. The molecular formula is C14H10Cl3F2N5OS2. The molecule has 0 atom stereocenters. The van der Waals surface area contributed by atoms with Crippen LogP contribution in [-0.4, -0.2) is 21.8 Å². The predicted molar refractivity (Wildman–Crippen MR) is 109 cm³/mol.